The van der Waals surface area contributed by atoms with Gasteiger partial charge in [-0.1, -0.05) is 17.7 Å². The van der Waals surface area contributed by atoms with Crippen molar-refractivity contribution in [2.24, 2.45) is 5.73 Å². The summed E-state index contributed by atoms with van der Waals surface area (Å²) < 4.78 is 0. The minimum absolute atomic E-state index is 0.0858. The van der Waals surface area contributed by atoms with Crippen LogP contribution in [0, 0.1) is 10.1 Å². The molecule has 1 unspecified atom stereocenters. The summed E-state index contributed by atoms with van der Waals surface area (Å²) in [5.74, 6) is 0. The smallest absolute Gasteiger partial charge is 0.287 e. The van der Waals surface area contributed by atoms with Crippen LogP contribution < -0.4 is 5.73 Å². The highest BCUT2D eigenvalue weighted by Crippen LogP contribution is 2.25. The summed E-state index contributed by atoms with van der Waals surface area (Å²) in [6.07, 6.45) is 0.439. The molecule has 0 aliphatic rings. The van der Waals surface area contributed by atoms with Gasteiger partial charge in [-0.25, -0.2) is 0 Å². The van der Waals surface area contributed by atoms with Crippen LogP contribution in [0.5, 0.6) is 0 Å². The average Bonchev–Trinajstić information content (AvgIpc) is 2.17. The molecule has 5 nitrogen and oxygen atoms in total. The Kier molecular flexibility index (Phi) is 4.02. The number of benzene rings is 1. The summed E-state index contributed by atoms with van der Waals surface area (Å²) in [4.78, 5) is 9.92. The van der Waals surface area contributed by atoms with E-state index in [2.05, 4.69) is 0 Å². The quantitative estimate of drug-likeness (QED) is 0.599. The lowest BCUT2D eigenvalue weighted by Gasteiger charge is -2.07. The average molecular weight is 231 g/mol. The van der Waals surface area contributed by atoms with E-state index >= 15 is 0 Å². The van der Waals surface area contributed by atoms with Gasteiger partial charge in [0.1, 0.15) is 5.02 Å². The lowest BCUT2D eigenvalue weighted by molar-refractivity contribution is -0.384. The van der Waals surface area contributed by atoms with Gasteiger partial charge < -0.3 is 10.8 Å². The van der Waals surface area contributed by atoms with Crippen LogP contribution in [0.4, 0.5) is 5.69 Å². The SMILES string of the molecule is NC(CO)Cc1ccc([N+](=O)[O-])c(Cl)c1. The molecule has 1 rings (SSSR count). The minimum Gasteiger partial charge on any atom is -0.395 e. The van der Waals surface area contributed by atoms with Gasteiger partial charge in [0.2, 0.25) is 0 Å². The first kappa shape index (κ1) is 11.9. The van der Waals surface area contributed by atoms with Crippen molar-refractivity contribution in [2.75, 3.05) is 6.61 Å². The second-order valence-electron chi connectivity index (χ2n) is 3.19. The third-order valence-corrected chi connectivity index (χ3v) is 2.24. The molecule has 1 atom stereocenters. The summed E-state index contributed by atoms with van der Waals surface area (Å²) in [5, 5.41) is 19.3. The Morgan fingerprint density at radius 3 is 2.73 bits per heavy atom. The van der Waals surface area contributed by atoms with E-state index in [4.69, 9.17) is 22.4 Å². The summed E-state index contributed by atoms with van der Waals surface area (Å²) in [6, 6.07) is 4.04. The predicted molar refractivity (Wildman–Crippen MR) is 56.9 cm³/mol. The zero-order valence-electron chi connectivity index (χ0n) is 7.89. The van der Waals surface area contributed by atoms with E-state index in [1.807, 2.05) is 0 Å². The summed E-state index contributed by atoms with van der Waals surface area (Å²) >= 11 is 5.71. The Hall–Kier alpha value is -1.17. The highest BCUT2D eigenvalue weighted by molar-refractivity contribution is 6.32. The molecule has 0 saturated carbocycles. The molecule has 0 heterocycles. The van der Waals surface area contributed by atoms with Gasteiger partial charge in [-0.3, -0.25) is 10.1 Å². The Bertz CT molecular complexity index is 370. The maximum atomic E-state index is 10.5. The number of halogens is 1. The molecule has 0 aliphatic carbocycles. The first-order valence-corrected chi connectivity index (χ1v) is 4.71. The van der Waals surface area contributed by atoms with Crippen LogP contribution in [-0.2, 0) is 6.42 Å². The normalized spacial score (nSPS) is 12.5. The Morgan fingerprint density at radius 2 is 2.27 bits per heavy atom. The second kappa shape index (κ2) is 5.06. The van der Waals surface area contributed by atoms with Crippen LogP contribution in [0.15, 0.2) is 18.2 Å². The number of nitro benzene ring substituents is 1. The topological polar surface area (TPSA) is 89.4 Å². The molecule has 0 spiro atoms. The van der Waals surface area contributed by atoms with Crippen molar-refractivity contribution in [3.05, 3.63) is 38.9 Å². The van der Waals surface area contributed by atoms with Gasteiger partial charge in [0.25, 0.3) is 5.69 Å². The standard InChI is InChI=1S/C9H11ClN2O3/c10-8-4-6(3-7(11)5-13)1-2-9(8)12(14)15/h1-2,4,7,13H,3,5,11H2. The van der Waals surface area contributed by atoms with Crippen molar-refractivity contribution in [2.45, 2.75) is 12.5 Å². The highest BCUT2D eigenvalue weighted by atomic mass is 35.5. The molecule has 0 fully saturated rings. The number of hydrogen-bond acceptors (Lipinski definition) is 4. The zero-order valence-corrected chi connectivity index (χ0v) is 8.65. The van der Waals surface area contributed by atoms with E-state index in [9.17, 15) is 10.1 Å². The minimum atomic E-state index is -0.544. The highest BCUT2D eigenvalue weighted by Gasteiger charge is 2.12. The first-order valence-electron chi connectivity index (χ1n) is 4.34. The molecule has 0 amide bonds. The Balaban J connectivity index is 2.87. The fraction of sp³-hybridized carbons (Fsp3) is 0.333. The number of nitrogens with zero attached hydrogens (tertiary/aromatic N) is 1. The summed E-state index contributed by atoms with van der Waals surface area (Å²) in [6.45, 7) is -0.130. The third kappa shape index (κ3) is 3.16. The lowest BCUT2D eigenvalue weighted by atomic mass is 10.1. The van der Waals surface area contributed by atoms with Gasteiger partial charge in [-0.2, -0.15) is 0 Å². The van der Waals surface area contributed by atoms with Crippen molar-refractivity contribution >= 4 is 17.3 Å². The molecule has 1 aromatic carbocycles. The molecular weight excluding hydrogens is 220 g/mol. The summed E-state index contributed by atoms with van der Waals surface area (Å²) in [5.41, 5.74) is 6.17. The fourth-order valence-electron chi connectivity index (χ4n) is 1.19. The van der Waals surface area contributed by atoms with Gasteiger partial charge >= 0.3 is 0 Å². The van der Waals surface area contributed by atoms with E-state index in [-0.39, 0.29) is 23.4 Å². The van der Waals surface area contributed by atoms with Gasteiger partial charge in [0, 0.05) is 12.1 Å². The Morgan fingerprint density at radius 1 is 1.60 bits per heavy atom. The molecule has 82 valence electrons. The molecule has 0 aliphatic heterocycles. The van der Waals surface area contributed by atoms with Crippen molar-refractivity contribution in [1.82, 2.24) is 0 Å². The number of nitrogens with two attached hydrogens (primary N) is 1. The largest absolute Gasteiger partial charge is 0.395 e. The van der Waals surface area contributed by atoms with Crippen LogP contribution in [0.2, 0.25) is 5.02 Å². The number of aliphatic hydroxyl groups is 1. The molecule has 6 heteroatoms. The fourth-order valence-corrected chi connectivity index (χ4v) is 1.46. The van der Waals surface area contributed by atoms with E-state index in [0.717, 1.165) is 5.56 Å². The molecule has 15 heavy (non-hydrogen) atoms. The molecule has 0 aromatic heterocycles. The molecule has 1 aromatic rings. The van der Waals surface area contributed by atoms with Gasteiger partial charge in [-0.05, 0) is 18.1 Å². The van der Waals surface area contributed by atoms with Gasteiger partial charge in [0.05, 0.1) is 11.5 Å². The zero-order chi connectivity index (χ0) is 11.4. The van der Waals surface area contributed by atoms with Crippen molar-refractivity contribution in [1.29, 1.82) is 0 Å². The van der Waals surface area contributed by atoms with Gasteiger partial charge in [-0.15, -0.1) is 0 Å². The predicted octanol–water partition coefficient (Wildman–Crippen LogP) is 1.11. The van der Waals surface area contributed by atoms with Crippen LogP contribution in [0.3, 0.4) is 0 Å². The molecule has 0 radical (unpaired) electrons. The lowest BCUT2D eigenvalue weighted by Crippen LogP contribution is -2.26. The van der Waals surface area contributed by atoms with Crippen molar-refractivity contribution in [3.8, 4) is 0 Å². The Labute approximate surface area is 91.6 Å². The third-order valence-electron chi connectivity index (χ3n) is 1.94. The first-order chi connectivity index (χ1) is 7.04. The number of hydrogen-bond donors (Lipinski definition) is 2. The van der Waals surface area contributed by atoms with Crippen molar-refractivity contribution < 1.29 is 10.0 Å². The monoisotopic (exact) mass is 230 g/mol. The second-order valence-corrected chi connectivity index (χ2v) is 3.60. The number of nitro groups is 1. The molecule has 3 N–H and O–H groups in total. The molecular formula is C9H11ClN2O3. The van der Waals surface area contributed by atoms with Crippen LogP contribution in [-0.4, -0.2) is 22.7 Å². The maximum Gasteiger partial charge on any atom is 0.287 e. The van der Waals surface area contributed by atoms with E-state index in [1.54, 1.807) is 6.07 Å². The van der Waals surface area contributed by atoms with E-state index in [0.29, 0.717) is 6.42 Å². The molecule has 0 bridgehead atoms. The van der Waals surface area contributed by atoms with Crippen LogP contribution in [0.1, 0.15) is 5.56 Å². The van der Waals surface area contributed by atoms with E-state index < -0.39 is 4.92 Å². The maximum absolute atomic E-state index is 10.5. The van der Waals surface area contributed by atoms with Gasteiger partial charge in [0.15, 0.2) is 0 Å². The van der Waals surface area contributed by atoms with Crippen LogP contribution >= 0.6 is 11.6 Å². The summed E-state index contributed by atoms with van der Waals surface area (Å²) in [7, 11) is 0. The number of rotatable bonds is 4. The van der Waals surface area contributed by atoms with E-state index in [1.165, 1.54) is 12.1 Å². The van der Waals surface area contributed by atoms with Crippen molar-refractivity contribution in [3.63, 3.8) is 0 Å². The molecule has 0 saturated heterocycles. The van der Waals surface area contributed by atoms with Crippen LogP contribution in [0.25, 0.3) is 0 Å². The number of aliphatic hydroxyl groups excluding tert-OH is 1.